The maximum absolute atomic E-state index is 11.2. The van der Waals surface area contributed by atoms with E-state index in [-0.39, 0.29) is 11.3 Å². The first-order valence-corrected chi connectivity index (χ1v) is 7.04. The molecule has 2 aliphatic carbocycles. The van der Waals surface area contributed by atoms with Crippen LogP contribution in [0.4, 0.5) is 0 Å². The van der Waals surface area contributed by atoms with E-state index in [0.29, 0.717) is 0 Å². The van der Waals surface area contributed by atoms with Crippen LogP contribution in [-0.4, -0.2) is 11.1 Å². The van der Waals surface area contributed by atoms with Gasteiger partial charge < -0.3 is 5.11 Å². The Morgan fingerprint density at radius 2 is 1.90 bits per heavy atom. The predicted octanol–water partition coefficient (Wildman–Crippen LogP) is 3.62. The molecule has 2 nitrogen and oxygen atoms in total. The summed E-state index contributed by atoms with van der Waals surface area (Å²) >= 11 is 0. The second-order valence-electron chi connectivity index (χ2n) is 6.22. The van der Waals surface area contributed by atoms with Gasteiger partial charge in [-0.3, -0.25) is 4.79 Å². The number of carboxylic acid groups (broad SMARTS) is 1. The number of benzene rings is 2. The SMILES string of the molecule is CC1(c2ccc3c(c2)Cc2ccccc2-3)CC1C(=O)O. The van der Waals surface area contributed by atoms with Crippen molar-refractivity contribution in [3.8, 4) is 11.1 Å². The largest absolute Gasteiger partial charge is 0.481 e. The van der Waals surface area contributed by atoms with Gasteiger partial charge >= 0.3 is 5.97 Å². The zero-order valence-corrected chi connectivity index (χ0v) is 11.4. The molecule has 0 bridgehead atoms. The Morgan fingerprint density at radius 1 is 1.15 bits per heavy atom. The lowest BCUT2D eigenvalue weighted by Gasteiger charge is -2.12. The second-order valence-corrected chi connectivity index (χ2v) is 6.22. The van der Waals surface area contributed by atoms with E-state index >= 15 is 0 Å². The first-order chi connectivity index (χ1) is 9.59. The van der Waals surface area contributed by atoms with E-state index in [9.17, 15) is 9.90 Å². The summed E-state index contributed by atoms with van der Waals surface area (Å²) < 4.78 is 0. The monoisotopic (exact) mass is 264 g/mol. The number of fused-ring (bicyclic) bond motifs is 3. The highest BCUT2D eigenvalue weighted by Crippen LogP contribution is 2.55. The van der Waals surface area contributed by atoms with Gasteiger partial charge in [-0.2, -0.15) is 0 Å². The molecule has 0 spiro atoms. The van der Waals surface area contributed by atoms with Crippen LogP contribution in [0.1, 0.15) is 30.0 Å². The highest BCUT2D eigenvalue weighted by Gasteiger charge is 2.56. The number of rotatable bonds is 2. The molecule has 0 saturated heterocycles. The van der Waals surface area contributed by atoms with Crippen LogP contribution in [0.5, 0.6) is 0 Å². The van der Waals surface area contributed by atoms with Crippen LogP contribution in [0.25, 0.3) is 11.1 Å². The summed E-state index contributed by atoms with van der Waals surface area (Å²) in [5, 5.41) is 9.19. The van der Waals surface area contributed by atoms with Crippen LogP contribution in [0, 0.1) is 5.92 Å². The van der Waals surface area contributed by atoms with E-state index < -0.39 is 5.97 Å². The van der Waals surface area contributed by atoms with Gasteiger partial charge in [0.05, 0.1) is 5.92 Å². The highest BCUT2D eigenvalue weighted by molar-refractivity contribution is 5.79. The van der Waals surface area contributed by atoms with Gasteiger partial charge in [-0.05, 0) is 40.7 Å². The minimum absolute atomic E-state index is 0.171. The van der Waals surface area contributed by atoms with Crippen LogP contribution in [0.2, 0.25) is 0 Å². The third kappa shape index (κ3) is 1.48. The van der Waals surface area contributed by atoms with Crippen molar-refractivity contribution in [3.05, 3.63) is 59.2 Å². The first kappa shape index (κ1) is 11.7. The van der Waals surface area contributed by atoms with Crippen LogP contribution in [0.15, 0.2) is 42.5 Å². The lowest BCUT2D eigenvalue weighted by atomic mass is 9.92. The van der Waals surface area contributed by atoms with E-state index in [0.717, 1.165) is 12.8 Å². The van der Waals surface area contributed by atoms with E-state index in [1.165, 1.54) is 27.8 Å². The minimum atomic E-state index is -0.670. The molecule has 0 aliphatic heterocycles. The Labute approximate surface area is 118 Å². The molecule has 2 atom stereocenters. The van der Waals surface area contributed by atoms with Gasteiger partial charge in [0, 0.05) is 5.41 Å². The molecule has 2 unspecified atom stereocenters. The van der Waals surface area contributed by atoms with Crippen molar-refractivity contribution in [2.45, 2.75) is 25.2 Å². The predicted molar refractivity (Wildman–Crippen MR) is 77.8 cm³/mol. The quantitative estimate of drug-likeness (QED) is 0.767. The third-order valence-corrected chi connectivity index (χ3v) is 4.99. The summed E-state index contributed by atoms with van der Waals surface area (Å²) in [4.78, 5) is 11.2. The molecule has 1 N–H and O–H groups in total. The van der Waals surface area contributed by atoms with Gasteiger partial charge in [-0.25, -0.2) is 0 Å². The fourth-order valence-electron chi connectivity index (χ4n) is 3.54. The highest BCUT2D eigenvalue weighted by atomic mass is 16.4. The van der Waals surface area contributed by atoms with Crippen molar-refractivity contribution in [1.29, 1.82) is 0 Å². The fraction of sp³-hybridized carbons (Fsp3) is 0.278. The molecule has 100 valence electrons. The average molecular weight is 264 g/mol. The van der Waals surface area contributed by atoms with Crippen LogP contribution >= 0.6 is 0 Å². The van der Waals surface area contributed by atoms with Gasteiger partial charge in [-0.15, -0.1) is 0 Å². The number of aliphatic carboxylic acids is 1. The molecule has 20 heavy (non-hydrogen) atoms. The topological polar surface area (TPSA) is 37.3 Å². The molecule has 0 aromatic heterocycles. The third-order valence-electron chi connectivity index (χ3n) is 4.99. The Kier molecular flexibility index (Phi) is 2.18. The molecular formula is C18H16O2. The lowest BCUT2D eigenvalue weighted by Crippen LogP contribution is -2.11. The zero-order chi connectivity index (χ0) is 13.9. The van der Waals surface area contributed by atoms with Crippen molar-refractivity contribution in [3.63, 3.8) is 0 Å². The zero-order valence-electron chi connectivity index (χ0n) is 11.4. The van der Waals surface area contributed by atoms with E-state index in [1.54, 1.807) is 0 Å². The molecule has 1 fully saturated rings. The van der Waals surface area contributed by atoms with Gasteiger partial charge in [-0.1, -0.05) is 49.4 Å². The molecule has 2 aliphatic rings. The van der Waals surface area contributed by atoms with E-state index in [4.69, 9.17) is 0 Å². The second kappa shape index (κ2) is 3.72. The lowest BCUT2D eigenvalue weighted by molar-refractivity contribution is -0.138. The van der Waals surface area contributed by atoms with E-state index in [2.05, 4.69) is 49.4 Å². The van der Waals surface area contributed by atoms with Crippen LogP contribution < -0.4 is 0 Å². The number of hydrogen-bond donors (Lipinski definition) is 1. The molecule has 2 heteroatoms. The van der Waals surface area contributed by atoms with Crippen molar-refractivity contribution in [1.82, 2.24) is 0 Å². The maximum Gasteiger partial charge on any atom is 0.307 e. The summed E-state index contributed by atoms with van der Waals surface area (Å²) in [5.74, 6) is -0.888. The van der Waals surface area contributed by atoms with Crippen molar-refractivity contribution in [2.75, 3.05) is 0 Å². The van der Waals surface area contributed by atoms with Gasteiger partial charge in [0.1, 0.15) is 0 Å². The normalized spacial score (nSPS) is 25.9. The van der Waals surface area contributed by atoms with Crippen LogP contribution in [0.3, 0.4) is 0 Å². The Morgan fingerprint density at radius 3 is 2.65 bits per heavy atom. The number of hydrogen-bond acceptors (Lipinski definition) is 1. The molecule has 4 rings (SSSR count). The Bertz CT molecular complexity index is 732. The summed E-state index contributed by atoms with van der Waals surface area (Å²) in [6.45, 7) is 2.07. The van der Waals surface area contributed by atoms with Crippen molar-refractivity contribution >= 4 is 5.97 Å². The summed E-state index contributed by atoms with van der Waals surface area (Å²) in [7, 11) is 0. The molecule has 0 amide bonds. The van der Waals surface area contributed by atoms with Gasteiger partial charge in [0.25, 0.3) is 0 Å². The summed E-state index contributed by atoms with van der Waals surface area (Å²) in [5.41, 5.74) is 6.34. The summed E-state index contributed by atoms with van der Waals surface area (Å²) in [6.07, 6.45) is 1.72. The van der Waals surface area contributed by atoms with Crippen molar-refractivity contribution in [2.24, 2.45) is 5.92 Å². The van der Waals surface area contributed by atoms with Crippen molar-refractivity contribution < 1.29 is 9.90 Å². The number of carbonyl (C=O) groups is 1. The molecule has 0 radical (unpaired) electrons. The smallest absolute Gasteiger partial charge is 0.307 e. The van der Waals surface area contributed by atoms with Crippen LogP contribution in [-0.2, 0) is 16.6 Å². The molecule has 2 aromatic carbocycles. The summed E-state index contributed by atoms with van der Waals surface area (Å²) in [6, 6.07) is 15.0. The molecule has 1 saturated carbocycles. The standard InChI is InChI=1S/C18H16O2/c1-18(10-16(18)17(19)20)13-6-7-15-12(9-13)8-11-4-2-3-5-14(11)15/h2-7,9,16H,8,10H2,1H3,(H,19,20). The number of carboxylic acids is 1. The average Bonchev–Trinajstić information content (AvgIpc) is 3.01. The molecular weight excluding hydrogens is 248 g/mol. The van der Waals surface area contributed by atoms with E-state index in [1.807, 2.05) is 0 Å². The van der Waals surface area contributed by atoms with Gasteiger partial charge in [0.15, 0.2) is 0 Å². The fourth-order valence-corrected chi connectivity index (χ4v) is 3.54. The molecule has 2 aromatic rings. The maximum atomic E-state index is 11.2. The Balaban J connectivity index is 1.75. The minimum Gasteiger partial charge on any atom is -0.481 e. The Hall–Kier alpha value is -2.09. The molecule has 0 heterocycles. The first-order valence-electron chi connectivity index (χ1n) is 7.04. The van der Waals surface area contributed by atoms with Gasteiger partial charge in [0.2, 0.25) is 0 Å².